The van der Waals surface area contributed by atoms with Gasteiger partial charge in [-0.2, -0.15) is 0 Å². The molecule has 1 aromatic heterocycles. The van der Waals surface area contributed by atoms with E-state index in [-0.39, 0.29) is 5.95 Å². The van der Waals surface area contributed by atoms with Crippen LogP contribution in [0, 0.1) is 0 Å². The zero-order valence-corrected chi connectivity index (χ0v) is 11.6. The van der Waals surface area contributed by atoms with Crippen molar-refractivity contribution in [3.8, 4) is 17.4 Å². The molecular formula is C18H12N2O2. The molecule has 4 nitrogen and oxygen atoms in total. The molecule has 0 saturated heterocycles. The Morgan fingerprint density at radius 3 is 2.59 bits per heavy atom. The highest BCUT2D eigenvalue weighted by atomic mass is 16.5. The van der Waals surface area contributed by atoms with Gasteiger partial charge in [0, 0.05) is 22.9 Å². The van der Waals surface area contributed by atoms with Crippen LogP contribution in [-0.4, -0.2) is 16.3 Å². The number of aromatic hydroxyl groups is 1. The third kappa shape index (κ3) is 2.11. The highest BCUT2D eigenvalue weighted by molar-refractivity contribution is 6.21. The van der Waals surface area contributed by atoms with Gasteiger partial charge in [0.15, 0.2) is 0 Å². The SMILES string of the molecule is Oc1oc(-c2ccccc2)nc1/C=C1/C=Nc2ccccc21. The maximum atomic E-state index is 9.98. The molecule has 106 valence electrons. The monoisotopic (exact) mass is 288 g/mol. The lowest BCUT2D eigenvalue weighted by Gasteiger charge is -1.97. The van der Waals surface area contributed by atoms with Gasteiger partial charge in [-0.1, -0.05) is 36.4 Å². The summed E-state index contributed by atoms with van der Waals surface area (Å²) in [6.45, 7) is 0. The van der Waals surface area contributed by atoms with Crippen LogP contribution >= 0.6 is 0 Å². The second-order valence-corrected chi connectivity index (χ2v) is 4.95. The number of hydrogen-bond donors (Lipinski definition) is 1. The van der Waals surface area contributed by atoms with Crippen molar-refractivity contribution in [1.82, 2.24) is 4.98 Å². The molecule has 1 aliphatic rings. The Bertz CT molecular complexity index is 892. The molecule has 0 saturated carbocycles. The summed E-state index contributed by atoms with van der Waals surface area (Å²) in [5.74, 6) is 0.206. The summed E-state index contributed by atoms with van der Waals surface area (Å²) in [5.41, 5.74) is 4.06. The van der Waals surface area contributed by atoms with Crippen molar-refractivity contribution in [2.75, 3.05) is 0 Å². The van der Waals surface area contributed by atoms with Crippen molar-refractivity contribution < 1.29 is 9.52 Å². The minimum absolute atomic E-state index is 0.191. The van der Waals surface area contributed by atoms with Crippen LogP contribution in [0.15, 0.2) is 64.0 Å². The Morgan fingerprint density at radius 1 is 0.955 bits per heavy atom. The van der Waals surface area contributed by atoms with Crippen LogP contribution < -0.4 is 0 Å². The molecule has 3 aromatic rings. The first-order valence-electron chi connectivity index (χ1n) is 6.91. The molecule has 2 heterocycles. The Hall–Kier alpha value is -3.14. The Labute approximate surface area is 127 Å². The van der Waals surface area contributed by atoms with Crippen LogP contribution in [0.4, 0.5) is 5.69 Å². The van der Waals surface area contributed by atoms with Crippen LogP contribution in [0.25, 0.3) is 23.1 Å². The van der Waals surface area contributed by atoms with E-state index in [2.05, 4.69) is 9.98 Å². The number of para-hydroxylation sites is 1. The van der Waals surface area contributed by atoms with Crippen molar-refractivity contribution in [1.29, 1.82) is 0 Å². The van der Waals surface area contributed by atoms with Gasteiger partial charge in [-0.3, -0.25) is 4.99 Å². The number of rotatable bonds is 2. The molecule has 0 bridgehead atoms. The standard InChI is InChI=1S/C18H12N2O2/c21-18-16(20-17(22-18)12-6-2-1-3-7-12)10-13-11-19-15-9-5-4-8-14(13)15/h1-11,21H/b13-10-. The predicted octanol–water partition coefficient (Wildman–Crippen LogP) is 4.30. The van der Waals surface area contributed by atoms with Crippen LogP contribution in [0.3, 0.4) is 0 Å². The number of aromatic nitrogens is 1. The predicted molar refractivity (Wildman–Crippen MR) is 86.1 cm³/mol. The lowest BCUT2D eigenvalue weighted by atomic mass is 10.1. The van der Waals surface area contributed by atoms with Crippen LogP contribution in [-0.2, 0) is 0 Å². The highest BCUT2D eigenvalue weighted by Gasteiger charge is 2.16. The summed E-state index contributed by atoms with van der Waals surface area (Å²) in [5, 5.41) is 9.98. The Kier molecular flexibility index (Phi) is 2.86. The average Bonchev–Trinajstić information content (AvgIpc) is 3.13. The van der Waals surface area contributed by atoms with Gasteiger partial charge in [0.2, 0.25) is 5.89 Å². The molecule has 1 N–H and O–H groups in total. The molecule has 0 aliphatic carbocycles. The molecule has 0 atom stereocenters. The summed E-state index contributed by atoms with van der Waals surface area (Å²) in [7, 11) is 0. The molecule has 4 rings (SSSR count). The van der Waals surface area contributed by atoms with Gasteiger partial charge in [0.25, 0.3) is 0 Å². The first kappa shape index (κ1) is 12.6. The van der Waals surface area contributed by atoms with Crippen molar-refractivity contribution in [2.45, 2.75) is 0 Å². The molecular weight excluding hydrogens is 276 g/mol. The molecule has 0 radical (unpaired) electrons. The number of benzene rings is 2. The number of aliphatic imine (C=N–C) groups is 1. The third-order valence-electron chi connectivity index (χ3n) is 3.51. The van der Waals surface area contributed by atoms with Crippen LogP contribution in [0.5, 0.6) is 5.95 Å². The second-order valence-electron chi connectivity index (χ2n) is 4.95. The number of fused-ring (bicyclic) bond motifs is 1. The molecule has 0 spiro atoms. The van der Waals surface area contributed by atoms with E-state index in [0.29, 0.717) is 11.6 Å². The van der Waals surface area contributed by atoms with Gasteiger partial charge in [-0.25, -0.2) is 4.98 Å². The van der Waals surface area contributed by atoms with E-state index in [0.717, 1.165) is 22.4 Å². The number of nitrogens with zero attached hydrogens (tertiary/aromatic N) is 2. The molecule has 0 unspecified atom stereocenters. The van der Waals surface area contributed by atoms with E-state index in [1.807, 2.05) is 54.6 Å². The lowest BCUT2D eigenvalue weighted by Crippen LogP contribution is -1.82. The van der Waals surface area contributed by atoms with E-state index >= 15 is 0 Å². The molecule has 22 heavy (non-hydrogen) atoms. The van der Waals surface area contributed by atoms with Crippen molar-refractivity contribution >= 4 is 23.6 Å². The number of hydrogen-bond acceptors (Lipinski definition) is 4. The van der Waals surface area contributed by atoms with Gasteiger partial charge in [-0.15, -0.1) is 0 Å². The van der Waals surface area contributed by atoms with Gasteiger partial charge < -0.3 is 9.52 Å². The highest BCUT2D eigenvalue weighted by Crippen LogP contribution is 2.34. The largest absolute Gasteiger partial charge is 0.479 e. The maximum absolute atomic E-state index is 9.98. The minimum Gasteiger partial charge on any atom is -0.479 e. The molecule has 2 aromatic carbocycles. The molecule has 1 aliphatic heterocycles. The fourth-order valence-electron chi connectivity index (χ4n) is 2.42. The van der Waals surface area contributed by atoms with Gasteiger partial charge >= 0.3 is 5.95 Å². The fraction of sp³-hybridized carbons (Fsp3) is 0. The van der Waals surface area contributed by atoms with Gasteiger partial charge in [-0.05, 0) is 24.3 Å². The summed E-state index contributed by atoms with van der Waals surface area (Å²) >= 11 is 0. The number of allylic oxidation sites excluding steroid dienone is 1. The van der Waals surface area contributed by atoms with E-state index in [1.165, 1.54) is 0 Å². The third-order valence-corrected chi connectivity index (χ3v) is 3.51. The summed E-state index contributed by atoms with van der Waals surface area (Å²) in [6, 6.07) is 17.3. The number of oxazole rings is 1. The smallest absolute Gasteiger partial charge is 0.310 e. The summed E-state index contributed by atoms with van der Waals surface area (Å²) < 4.78 is 5.35. The maximum Gasteiger partial charge on any atom is 0.310 e. The Morgan fingerprint density at radius 2 is 1.73 bits per heavy atom. The van der Waals surface area contributed by atoms with Gasteiger partial charge in [0.1, 0.15) is 5.69 Å². The van der Waals surface area contributed by atoms with Gasteiger partial charge in [0.05, 0.1) is 5.69 Å². The summed E-state index contributed by atoms with van der Waals surface area (Å²) in [4.78, 5) is 8.70. The topological polar surface area (TPSA) is 58.6 Å². The van der Waals surface area contributed by atoms with Crippen LogP contribution in [0.1, 0.15) is 11.3 Å². The van der Waals surface area contributed by atoms with Crippen molar-refractivity contribution in [2.24, 2.45) is 4.99 Å². The quantitative estimate of drug-likeness (QED) is 0.764. The zero-order chi connectivity index (χ0) is 14.9. The van der Waals surface area contributed by atoms with E-state index in [9.17, 15) is 5.11 Å². The van der Waals surface area contributed by atoms with E-state index < -0.39 is 0 Å². The van der Waals surface area contributed by atoms with Crippen molar-refractivity contribution in [3.63, 3.8) is 0 Å². The van der Waals surface area contributed by atoms with Crippen molar-refractivity contribution in [3.05, 3.63) is 65.9 Å². The first-order chi connectivity index (χ1) is 10.8. The minimum atomic E-state index is -0.191. The summed E-state index contributed by atoms with van der Waals surface area (Å²) in [6.07, 6.45) is 3.54. The molecule has 0 fully saturated rings. The average molecular weight is 288 g/mol. The zero-order valence-electron chi connectivity index (χ0n) is 11.6. The molecule has 4 heteroatoms. The second kappa shape index (κ2) is 5.00. The normalized spacial score (nSPS) is 14.5. The Balaban J connectivity index is 1.75. The fourth-order valence-corrected chi connectivity index (χ4v) is 2.42. The van der Waals surface area contributed by atoms with E-state index in [4.69, 9.17) is 4.42 Å². The first-order valence-corrected chi connectivity index (χ1v) is 6.91. The lowest BCUT2D eigenvalue weighted by molar-refractivity contribution is 0.336. The van der Waals surface area contributed by atoms with Crippen LogP contribution in [0.2, 0.25) is 0 Å². The molecule has 0 amide bonds. The van der Waals surface area contributed by atoms with E-state index in [1.54, 1.807) is 12.3 Å².